The Morgan fingerprint density at radius 1 is 1.03 bits per heavy atom. The van der Waals surface area contributed by atoms with Gasteiger partial charge in [0.1, 0.15) is 12.4 Å². The highest BCUT2D eigenvalue weighted by molar-refractivity contribution is 5.87. The third-order valence-corrected chi connectivity index (χ3v) is 6.31. The lowest BCUT2D eigenvalue weighted by Gasteiger charge is -2.10. The minimum Gasteiger partial charge on any atom is -0.489 e. The highest BCUT2D eigenvalue weighted by Crippen LogP contribution is 2.31. The summed E-state index contributed by atoms with van der Waals surface area (Å²) in [5.74, 6) is 0.563. The number of benzene rings is 1. The molecule has 0 N–H and O–H groups in total. The lowest BCUT2D eigenvalue weighted by molar-refractivity contribution is 0.304. The summed E-state index contributed by atoms with van der Waals surface area (Å²) in [6.45, 7) is 2.34. The van der Waals surface area contributed by atoms with Crippen LogP contribution in [0.2, 0.25) is 0 Å². The Bertz CT molecular complexity index is 1300. The Morgan fingerprint density at radius 3 is 2.71 bits per heavy atom. The first kappa shape index (κ1) is 19.6. The van der Waals surface area contributed by atoms with Gasteiger partial charge in [-0.15, -0.1) is 0 Å². The minimum absolute atomic E-state index is 0.102. The standard InChI is InChI=1S/C26H27N3O2/c1-18-8-9-19(16-27-18)17-31-21-12-13-29(26(30)15-21)20-10-11-23-22-6-4-3-5-7-24(22)28(2)25(23)14-20/h8-16H,3-7,17H2,1-2H3. The fourth-order valence-electron chi connectivity index (χ4n) is 4.59. The monoisotopic (exact) mass is 413 g/mol. The molecular formula is C26H27N3O2. The van der Waals surface area contributed by atoms with E-state index in [1.165, 1.54) is 41.4 Å². The van der Waals surface area contributed by atoms with Crippen LogP contribution in [0.3, 0.4) is 0 Å². The number of ether oxygens (including phenoxy) is 1. The second-order valence-electron chi connectivity index (χ2n) is 8.41. The van der Waals surface area contributed by atoms with Crippen LogP contribution in [0.15, 0.2) is 59.7 Å². The van der Waals surface area contributed by atoms with Gasteiger partial charge in [0.2, 0.25) is 0 Å². The number of hydrogen-bond acceptors (Lipinski definition) is 3. The van der Waals surface area contributed by atoms with E-state index in [0.29, 0.717) is 12.4 Å². The fourth-order valence-corrected chi connectivity index (χ4v) is 4.59. The van der Waals surface area contributed by atoms with Gasteiger partial charge < -0.3 is 9.30 Å². The second kappa shape index (κ2) is 8.06. The first-order chi connectivity index (χ1) is 15.1. The Kier molecular flexibility index (Phi) is 5.10. The predicted molar refractivity (Wildman–Crippen MR) is 123 cm³/mol. The van der Waals surface area contributed by atoms with Crippen molar-refractivity contribution in [2.24, 2.45) is 7.05 Å². The molecule has 3 heterocycles. The highest BCUT2D eigenvalue weighted by atomic mass is 16.5. The van der Waals surface area contributed by atoms with Gasteiger partial charge >= 0.3 is 0 Å². The Hall–Kier alpha value is -3.34. The molecule has 158 valence electrons. The second-order valence-corrected chi connectivity index (χ2v) is 8.41. The molecule has 0 atom stereocenters. The Balaban J connectivity index is 1.42. The smallest absolute Gasteiger partial charge is 0.258 e. The van der Waals surface area contributed by atoms with E-state index in [2.05, 4.69) is 28.7 Å². The molecule has 0 saturated carbocycles. The molecule has 0 amide bonds. The van der Waals surface area contributed by atoms with Crippen LogP contribution in [0.5, 0.6) is 5.75 Å². The van der Waals surface area contributed by atoms with Gasteiger partial charge in [0, 0.05) is 47.8 Å². The van der Waals surface area contributed by atoms with E-state index in [0.717, 1.165) is 29.8 Å². The molecule has 0 bridgehead atoms. The summed E-state index contributed by atoms with van der Waals surface area (Å²) < 4.78 is 9.80. The van der Waals surface area contributed by atoms with Crippen molar-refractivity contribution in [2.45, 2.75) is 45.6 Å². The van der Waals surface area contributed by atoms with Crippen molar-refractivity contribution < 1.29 is 4.74 Å². The van der Waals surface area contributed by atoms with Gasteiger partial charge in [-0.1, -0.05) is 18.6 Å². The Morgan fingerprint density at radius 2 is 1.90 bits per heavy atom. The molecule has 0 saturated heterocycles. The van der Waals surface area contributed by atoms with E-state index in [1.807, 2.05) is 31.2 Å². The van der Waals surface area contributed by atoms with Crippen molar-refractivity contribution >= 4 is 10.9 Å². The number of aryl methyl sites for hydroxylation is 3. The van der Waals surface area contributed by atoms with Crippen LogP contribution in [-0.2, 0) is 26.5 Å². The maximum absolute atomic E-state index is 12.8. The minimum atomic E-state index is -0.102. The summed E-state index contributed by atoms with van der Waals surface area (Å²) in [4.78, 5) is 17.1. The van der Waals surface area contributed by atoms with Crippen molar-refractivity contribution in [2.75, 3.05) is 0 Å². The van der Waals surface area contributed by atoms with Crippen molar-refractivity contribution in [3.05, 3.63) is 87.7 Å². The van der Waals surface area contributed by atoms with Crippen LogP contribution < -0.4 is 10.3 Å². The molecule has 0 radical (unpaired) electrons. The van der Waals surface area contributed by atoms with Crippen molar-refractivity contribution in [1.29, 1.82) is 0 Å². The van der Waals surface area contributed by atoms with Crippen molar-refractivity contribution in [3.8, 4) is 11.4 Å². The molecule has 1 aliphatic rings. The molecule has 1 aliphatic carbocycles. The van der Waals surface area contributed by atoms with E-state index in [9.17, 15) is 4.79 Å². The molecule has 3 aromatic heterocycles. The highest BCUT2D eigenvalue weighted by Gasteiger charge is 2.17. The number of rotatable bonds is 4. The van der Waals surface area contributed by atoms with Crippen molar-refractivity contribution in [1.82, 2.24) is 14.1 Å². The number of nitrogens with zero attached hydrogens (tertiary/aromatic N) is 3. The van der Waals surface area contributed by atoms with E-state index >= 15 is 0 Å². The zero-order chi connectivity index (χ0) is 21.4. The number of fused-ring (bicyclic) bond motifs is 3. The molecule has 4 aromatic rings. The molecule has 0 unspecified atom stereocenters. The van der Waals surface area contributed by atoms with Gasteiger partial charge in [-0.3, -0.25) is 14.3 Å². The zero-order valence-corrected chi connectivity index (χ0v) is 18.1. The average Bonchev–Trinajstić information content (AvgIpc) is 2.93. The fraction of sp³-hybridized carbons (Fsp3) is 0.308. The van der Waals surface area contributed by atoms with Crippen molar-refractivity contribution in [3.63, 3.8) is 0 Å². The average molecular weight is 414 g/mol. The lowest BCUT2D eigenvalue weighted by atomic mass is 10.1. The summed E-state index contributed by atoms with van der Waals surface area (Å²) in [7, 11) is 2.15. The molecule has 0 spiro atoms. The summed E-state index contributed by atoms with van der Waals surface area (Å²) >= 11 is 0. The van der Waals surface area contributed by atoms with Crippen LogP contribution in [-0.4, -0.2) is 14.1 Å². The predicted octanol–water partition coefficient (Wildman–Crippen LogP) is 4.88. The molecule has 5 nitrogen and oxygen atoms in total. The maximum atomic E-state index is 12.8. The van der Waals surface area contributed by atoms with E-state index in [1.54, 1.807) is 23.0 Å². The largest absolute Gasteiger partial charge is 0.489 e. The first-order valence-electron chi connectivity index (χ1n) is 11.0. The normalized spacial score (nSPS) is 13.7. The zero-order valence-electron chi connectivity index (χ0n) is 18.1. The maximum Gasteiger partial charge on any atom is 0.258 e. The number of pyridine rings is 2. The lowest BCUT2D eigenvalue weighted by Crippen LogP contribution is -2.16. The van der Waals surface area contributed by atoms with Gasteiger partial charge in [-0.25, -0.2) is 0 Å². The topological polar surface area (TPSA) is 49.0 Å². The van der Waals surface area contributed by atoms with Crippen LogP contribution in [0.1, 0.15) is 41.8 Å². The van der Waals surface area contributed by atoms with Crippen LogP contribution >= 0.6 is 0 Å². The molecule has 5 rings (SSSR count). The summed E-state index contributed by atoms with van der Waals surface area (Å²) in [6.07, 6.45) is 9.69. The van der Waals surface area contributed by atoms with Crippen LogP contribution in [0.4, 0.5) is 0 Å². The van der Waals surface area contributed by atoms with Gasteiger partial charge in [0.05, 0.1) is 11.2 Å². The van der Waals surface area contributed by atoms with E-state index < -0.39 is 0 Å². The molecule has 0 aliphatic heterocycles. The van der Waals surface area contributed by atoms with E-state index in [-0.39, 0.29) is 5.56 Å². The first-order valence-corrected chi connectivity index (χ1v) is 11.0. The molecule has 0 fully saturated rings. The summed E-state index contributed by atoms with van der Waals surface area (Å²) in [6, 6.07) is 13.7. The number of aromatic nitrogens is 3. The molecule has 31 heavy (non-hydrogen) atoms. The SMILES string of the molecule is Cc1ccc(COc2ccn(-c3ccc4c5c(n(C)c4c3)CCCCC5)c(=O)c2)cn1. The number of hydrogen-bond donors (Lipinski definition) is 0. The van der Waals surface area contributed by atoms with Gasteiger partial charge in [-0.2, -0.15) is 0 Å². The molecular weight excluding hydrogens is 386 g/mol. The Labute approximate surface area is 181 Å². The molecule has 5 heteroatoms. The van der Waals surface area contributed by atoms with E-state index in [4.69, 9.17) is 4.74 Å². The molecule has 1 aromatic carbocycles. The quantitative estimate of drug-likeness (QED) is 0.448. The van der Waals surface area contributed by atoms with Gasteiger partial charge in [0.15, 0.2) is 0 Å². The van der Waals surface area contributed by atoms with Gasteiger partial charge in [0.25, 0.3) is 5.56 Å². The third-order valence-electron chi connectivity index (χ3n) is 6.31. The summed E-state index contributed by atoms with van der Waals surface area (Å²) in [5, 5.41) is 1.32. The van der Waals surface area contributed by atoms with Crippen LogP contribution in [0.25, 0.3) is 16.6 Å². The van der Waals surface area contributed by atoms with Gasteiger partial charge in [-0.05, 0) is 62.4 Å². The summed E-state index contributed by atoms with van der Waals surface area (Å²) in [5.41, 5.74) is 6.86. The van der Waals surface area contributed by atoms with Crippen LogP contribution in [0, 0.1) is 6.92 Å². The third kappa shape index (κ3) is 3.76.